The third kappa shape index (κ3) is 5.27. The van der Waals surface area contributed by atoms with Crippen LogP contribution in [0.4, 0.5) is 9.93 Å². The zero-order valence-electron chi connectivity index (χ0n) is 12.7. The molecule has 2 amide bonds. The summed E-state index contributed by atoms with van der Waals surface area (Å²) in [6.45, 7) is 3.54. The van der Waals surface area contributed by atoms with Crippen LogP contribution in [-0.4, -0.2) is 52.7 Å². The van der Waals surface area contributed by atoms with Gasteiger partial charge in [0.1, 0.15) is 0 Å². The predicted molar refractivity (Wildman–Crippen MR) is 85.4 cm³/mol. The van der Waals surface area contributed by atoms with E-state index in [2.05, 4.69) is 22.5 Å². The van der Waals surface area contributed by atoms with Crippen LogP contribution in [0.15, 0.2) is 5.38 Å². The average molecular weight is 326 g/mol. The van der Waals surface area contributed by atoms with E-state index in [1.807, 2.05) is 10.3 Å². The molecule has 0 atom stereocenters. The molecule has 1 aromatic rings. The monoisotopic (exact) mass is 326 g/mol. The zero-order valence-corrected chi connectivity index (χ0v) is 13.5. The maximum absolute atomic E-state index is 11.9. The van der Waals surface area contributed by atoms with Crippen LogP contribution >= 0.6 is 11.3 Å². The third-order valence-corrected chi connectivity index (χ3v) is 4.37. The van der Waals surface area contributed by atoms with Crippen molar-refractivity contribution in [2.45, 2.75) is 38.6 Å². The van der Waals surface area contributed by atoms with Crippen LogP contribution in [0.25, 0.3) is 0 Å². The number of nitrogens with one attached hydrogen (secondary N) is 2. The summed E-state index contributed by atoms with van der Waals surface area (Å²) in [5, 5.41) is 17.0. The number of amides is 2. The number of piperidine rings is 1. The normalized spacial score (nSPS) is 16.4. The Kier molecular flexibility index (Phi) is 6.14. The minimum atomic E-state index is -0.809. The van der Waals surface area contributed by atoms with Crippen molar-refractivity contribution in [3.63, 3.8) is 0 Å². The molecule has 1 aliphatic rings. The smallest absolute Gasteiger partial charge is 0.321 e. The number of rotatable bonds is 6. The Bertz CT molecular complexity index is 512. The van der Waals surface area contributed by atoms with Gasteiger partial charge in [0.15, 0.2) is 5.13 Å². The molecule has 0 bridgehead atoms. The maximum atomic E-state index is 11.9. The summed E-state index contributed by atoms with van der Waals surface area (Å²) in [6.07, 6.45) is 3.48. The SMILES string of the molecule is CCCc1csc(NC(=O)NC2CCN(CC(=O)O)CC2)n1. The summed E-state index contributed by atoms with van der Waals surface area (Å²) in [4.78, 5) is 28.8. The Morgan fingerprint density at radius 2 is 2.18 bits per heavy atom. The molecular weight excluding hydrogens is 304 g/mol. The van der Waals surface area contributed by atoms with E-state index in [1.54, 1.807) is 0 Å². The van der Waals surface area contributed by atoms with E-state index in [0.717, 1.165) is 31.4 Å². The Morgan fingerprint density at radius 1 is 1.45 bits per heavy atom. The Labute approximate surface area is 133 Å². The number of urea groups is 1. The minimum absolute atomic E-state index is 0.0677. The van der Waals surface area contributed by atoms with Crippen molar-refractivity contribution in [2.24, 2.45) is 0 Å². The number of hydrogen-bond donors (Lipinski definition) is 3. The van der Waals surface area contributed by atoms with E-state index in [-0.39, 0.29) is 18.6 Å². The second-order valence-electron chi connectivity index (χ2n) is 5.44. The van der Waals surface area contributed by atoms with Crippen molar-refractivity contribution in [1.29, 1.82) is 0 Å². The lowest BCUT2D eigenvalue weighted by Crippen LogP contribution is -2.47. The fourth-order valence-corrected chi connectivity index (χ4v) is 3.22. The summed E-state index contributed by atoms with van der Waals surface area (Å²) in [7, 11) is 0. The molecule has 1 aromatic heterocycles. The molecular formula is C14H22N4O3S. The number of thiazole rings is 1. The topological polar surface area (TPSA) is 94.6 Å². The first-order valence-corrected chi connectivity index (χ1v) is 8.41. The number of carboxylic acid groups (broad SMARTS) is 1. The van der Waals surface area contributed by atoms with E-state index in [4.69, 9.17) is 5.11 Å². The fraction of sp³-hybridized carbons (Fsp3) is 0.643. The van der Waals surface area contributed by atoms with Crippen LogP contribution in [0.2, 0.25) is 0 Å². The summed E-state index contributed by atoms with van der Waals surface area (Å²) < 4.78 is 0. The lowest BCUT2D eigenvalue weighted by Gasteiger charge is -2.31. The third-order valence-electron chi connectivity index (χ3n) is 3.56. The van der Waals surface area contributed by atoms with Crippen molar-refractivity contribution in [2.75, 3.05) is 25.0 Å². The van der Waals surface area contributed by atoms with Gasteiger partial charge in [-0.2, -0.15) is 0 Å². The lowest BCUT2D eigenvalue weighted by atomic mass is 10.1. The van der Waals surface area contributed by atoms with Gasteiger partial charge in [-0.3, -0.25) is 15.0 Å². The van der Waals surface area contributed by atoms with E-state index in [1.165, 1.54) is 11.3 Å². The van der Waals surface area contributed by atoms with Gasteiger partial charge in [-0.1, -0.05) is 13.3 Å². The van der Waals surface area contributed by atoms with Gasteiger partial charge in [0.05, 0.1) is 12.2 Å². The van der Waals surface area contributed by atoms with Crippen LogP contribution in [0.3, 0.4) is 0 Å². The zero-order chi connectivity index (χ0) is 15.9. The van der Waals surface area contributed by atoms with E-state index < -0.39 is 5.97 Å². The molecule has 1 aliphatic heterocycles. The molecule has 22 heavy (non-hydrogen) atoms. The van der Waals surface area contributed by atoms with Gasteiger partial charge in [0.2, 0.25) is 0 Å². The predicted octanol–water partition coefficient (Wildman–Crippen LogP) is 1.77. The molecule has 1 fully saturated rings. The highest BCUT2D eigenvalue weighted by Gasteiger charge is 2.22. The number of hydrogen-bond acceptors (Lipinski definition) is 5. The van der Waals surface area contributed by atoms with E-state index in [0.29, 0.717) is 18.2 Å². The van der Waals surface area contributed by atoms with Crippen LogP contribution in [0.5, 0.6) is 0 Å². The van der Waals surface area contributed by atoms with Gasteiger partial charge in [-0.25, -0.2) is 9.78 Å². The number of aromatic nitrogens is 1. The van der Waals surface area contributed by atoms with E-state index >= 15 is 0 Å². The second-order valence-corrected chi connectivity index (χ2v) is 6.29. The Hall–Kier alpha value is -1.67. The van der Waals surface area contributed by atoms with Gasteiger partial charge >= 0.3 is 12.0 Å². The number of carboxylic acids is 1. The molecule has 8 heteroatoms. The molecule has 0 saturated carbocycles. The number of carbonyl (C=O) groups excluding carboxylic acids is 1. The first kappa shape index (κ1) is 16.7. The molecule has 7 nitrogen and oxygen atoms in total. The van der Waals surface area contributed by atoms with Crippen LogP contribution in [0.1, 0.15) is 31.9 Å². The highest BCUT2D eigenvalue weighted by molar-refractivity contribution is 7.13. The number of likely N-dealkylation sites (tertiary alicyclic amines) is 1. The maximum Gasteiger partial charge on any atom is 0.321 e. The number of aryl methyl sites for hydroxylation is 1. The first-order chi connectivity index (χ1) is 10.6. The summed E-state index contributed by atoms with van der Waals surface area (Å²) in [5.74, 6) is -0.809. The van der Waals surface area contributed by atoms with Gasteiger partial charge in [0, 0.05) is 24.5 Å². The standard InChI is InChI=1S/C14H22N4O3S/c1-2-3-11-9-22-14(16-11)17-13(21)15-10-4-6-18(7-5-10)8-12(19)20/h9-10H,2-8H2,1H3,(H,19,20)(H2,15,16,17,21). The molecule has 2 rings (SSSR count). The quantitative estimate of drug-likeness (QED) is 0.740. The Morgan fingerprint density at radius 3 is 2.82 bits per heavy atom. The Balaban J connectivity index is 1.72. The highest BCUT2D eigenvalue weighted by Crippen LogP contribution is 2.17. The summed E-state index contributed by atoms with van der Waals surface area (Å²) >= 11 is 1.43. The molecule has 0 unspecified atom stereocenters. The largest absolute Gasteiger partial charge is 0.480 e. The van der Waals surface area contributed by atoms with Gasteiger partial charge in [-0.05, 0) is 19.3 Å². The molecule has 0 aliphatic carbocycles. The van der Waals surface area contributed by atoms with Crippen LogP contribution in [0, 0.1) is 0 Å². The molecule has 2 heterocycles. The summed E-state index contributed by atoms with van der Waals surface area (Å²) in [5.41, 5.74) is 1.00. The molecule has 0 aromatic carbocycles. The molecule has 122 valence electrons. The van der Waals surface area contributed by atoms with Crippen molar-refractivity contribution < 1.29 is 14.7 Å². The number of aliphatic carboxylic acids is 1. The van der Waals surface area contributed by atoms with Crippen molar-refractivity contribution in [3.05, 3.63) is 11.1 Å². The van der Waals surface area contributed by atoms with Crippen molar-refractivity contribution >= 4 is 28.5 Å². The van der Waals surface area contributed by atoms with Gasteiger partial charge in [0.25, 0.3) is 0 Å². The highest BCUT2D eigenvalue weighted by atomic mass is 32.1. The lowest BCUT2D eigenvalue weighted by molar-refractivity contribution is -0.138. The molecule has 0 radical (unpaired) electrons. The molecule has 1 saturated heterocycles. The minimum Gasteiger partial charge on any atom is -0.480 e. The fourth-order valence-electron chi connectivity index (χ4n) is 2.48. The number of anilines is 1. The van der Waals surface area contributed by atoms with Crippen molar-refractivity contribution in [1.82, 2.24) is 15.2 Å². The first-order valence-electron chi connectivity index (χ1n) is 7.53. The van der Waals surface area contributed by atoms with E-state index in [9.17, 15) is 9.59 Å². The van der Waals surface area contributed by atoms with Gasteiger partial charge < -0.3 is 10.4 Å². The second kappa shape index (κ2) is 8.09. The average Bonchev–Trinajstić information content (AvgIpc) is 2.88. The van der Waals surface area contributed by atoms with Crippen molar-refractivity contribution in [3.8, 4) is 0 Å². The number of nitrogens with zero attached hydrogens (tertiary/aromatic N) is 2. The molecule has 3 N–H and O–H groups in total. The number of carbonyl (C=O) groups is 2. The van der Waals surface area contributed by atoms with Gasteiger partial charge in [-0.15, -0.1) is 11.3 Å². The van der Waals surface area contributed by atoms with Crippen LogP contribution < -0.4 is 10.6 Å². The van der Waals surface area contributed by atoms with Crippen LogP contribution in [-0.2, 0) is 11.2 Å². The molecule has 0 spiro atoms. The summed E-state index contributed by atoms with van der Waals surface area (Å²) in [6, 6.07) is -0.158.